The summed E-state index contributed by atoms with van der Waals surface area (Å²) in [7, 11) is -1.07. The molecule has 0 amide bonds. The molecule has 3 aromatic rings. The van der Waals surface area contributed by atoms with E-state index in [1.165, 1.54) is 26.4 Å². The molecule has 0 atom stereocenters. The summed E-state index contributed by atoms with van der Waals surface area (Å²) in [4.78, 5) is 11.5. The lowest BCUT2D eigenvalue weighted by molar-refractivity contribution is 0.0600. The molecular weight excluding hydrogens is 410 g/mol. The number of hydrogen-bond acceptors (Lipinski definition) is 8. The second kappa shape index (κ2) is 9.51. The molecule has 0 fully saturated rings. The summed E-state index contributed by atoms with van der Waals surface area (Å²) in [6, 6.07) is 12.8. The number of ether oxygens (including phenoxy) is 2. The zero-order valence-corrected chi connectivity index (χ0v) is 17.3. The second-order valence-corrected chi connectivity index (χ2v) is 7.87. The van der Waals surface area contributed by atoms with Gasteiger partial charge in [0.25, 0.3) is 10.1 Å². The lowest BCUT2D eigenvalue weighted by atomic mass is 10.2. The summed E-state index contributed by atoms with van der Waals surface area (Å²) in [5.41, 5.74) is 1.86. The van der Waals surface area contributed by atoms with E-state index in [0.29, 0.717) is 29.8 Å². The first-order valence-corrected chi connectivity index (χ1v) is 10.5. The number of carbonyl (C=O) groups excluding carboxylic acids is 1. The van der Waals surface area contributed by atoms with Crippen LogP contribution >= 0.6 is 0 Å². The van der Waals surface area contributed by atoms with Gasteiger partial charge in [-0.15, -0.1) is 5.10 Å². The molecule has 0 saturated carbocycles. The van der Waals surface area contributed by atoms with Gasteiger partial charge in [0.15, 0.2) is 0 Å². The zero-order valence-electron chi connectivity index (χ0n) is 16.5. The van der Waals surface area contributed by atoms with Gasteiger partial charge in [0.05, 0.1) is 48.9 Å². The maximum atomic E-state index is 12.3. The minimum absolute atomic E-state index is 0.0141. The molecule has 2 aromatic carbocycles. The molecule has 0 saturated heterocycles. The maximum Gasteiger partial charge on any atom is 0.337 e. The Hall–Kier alpha value is -3.24. The van der Waals surface area contributed by atoms with Crippen molar-refractivity contribution >= 4 is 16.1 Å². The first-order chi connectivity index (χ1) is 14.4. The molecule has 158 valence electrons. The molecule has 10 heteroatoms. The predicted molar refractivity (Wildman–Crippen MR) is 107 cm³/mol. The number of benzene rings is 2. The van der Waals surface area contributed by atoms with Gasteiger partial charge in [0.2, 0.25) is 0 Å². The lowest BCUT2D eigenvalue weighted by Gasteiger charge is -2.06. The third-order valence-corrected chi connectivity index (χ3v) is 5.55. The van der Waals surface area contributed by atoms with Crippen molar-refractivity contribution in [2.24, 2.45) is 0 Å². The van der Waals surface area contributed by atoms with Crippen molar-refractivity contribution in [2.45, 2.75) is 17.7 Å². The van der Waals surface area contributed by atoms with E-state index in [2.05, 4.69) is 15.0 Å². The van der Waals surface area contributed by atoms with Crippen LogP contribution in [0.5, 0.6) is 5.75 Å². The second-order valence-electron chi connectivity index (χ2n) is 6.25. The fourth-order valence-electron chi connectivity index (χ4n) is 2.65. The van der Waals surface area contributed by atoms with Crippen LogP contribution in [0.4, 0.5) is 0 Å². The molecule has 0 aliphatic rings. The number of carbonyl (C=O) groups is 1. The van der Waals surface area contributed by atoms with Crippen LogP contribution in [0.2, 0.25) is 0 Å². The number of nitrogens with zero attached hydrogens (tertiary/aromatic N) is 3. The molecule has 0 bridgehead atoms. The van der Waals surface area contributed by atoms with Gasteiger partial charge < -0.3 is 9.47 Å². The van der Waals surface area contributed by atoms with Crippen LogP contribution < -0.4 is 4.74 Å². The summed E-state index contributed by atoms with van der Waals surface area (Å²) in [6.45, 7) is 0.0141. The van der Waals surface area contributed by atoms with E-state index in [9.17, 15) is 13.2 Å². The van der Waals surface area contributed by atoms with Crippen LogP contribution in [0.3, 0.4) is 0 Å². The first kappa shape index (κ1) is 21.5. The normalized spacial score (nSPS) is 11.3. The maximum absolute atomic E-state index is 12.3. The van der Waals surface area contributed by atoms with Gasteiger partial charge in [-0.2, -0.15) is 8.42 Å². The number of hydrogen-bond donors (Lipinski definition) is 0. The van der Waals surface area contributed by atoms with Crippen molar-refractivity contribution in [3.05, 3.63) is 66.0 Å². The number of rotatable bonds is 9. The van der Waals surface area contributed by atoms with Crippen molar-refractivity contribution in [2.75, 3.05) is 20.8 Å². The third kappa shape index (κ3) is 5.22. The Labute approximate surface area is 174 Å². The van der Waals surface area contributed by atoms with Crippen molar-refractivity contribution in [3.63, 3.8) is 0 Å². The molecular formula is C20H21N3O6S. The standard InChI is InChI=1S/C20H21N3O6S/c1-27-18-6-3-7-19(13-18)30(25,26)29-12-4-5-16-14-23(22-21-16)17-10-8-15(9-11-17)20(24)28-2/h3,6-11,13-14H,4-5,12H2,1-2H3. The summed E-state index contributed by atoms with van der Waals surface area (Å²) >= 11 is 0. The smallest absolute Gasteiger partial charge is 0.337 e. The Balaban J connectivity index is 1.54. The fraction of sp³-hybridized carbons (Fsp3) is 0.250. The highest BCUT2D eigenvalue weighted by Crippen LogP contribution is 2.19. The van der Waals surface area contributed by atoms with Gasteiger partial charge in [-0.05, 0) is 49.2 Å². The largest absolute Gasteiger partial charge is 0.497 e. The fourth-order valence-corrected chi connectivity index (χ4v) is 3.63. The van der Waals surface area contributed by atoms with Crippen LogP contribution in [-0.4, -0.2) is 50.2 Å². The van der Waals surface area contributed by atoms with E-state index in [1.807, 2.05) is 0 Å². The van der Waals surface area contributed by atoms with Crippen LogP contribution in [-0.2, 0) is 25.5 Å². The van der Waals surface area contributed by atoms with E-state index in [0.717, 1.165) is 5.69 Å². The Morgan fingerprint density at radius 3 is 2.57 bits per heavy atom. The highest BCUT2D eigenvalue weighted by Gasteiger charge is 2.16. The summed E-state index contributed by atoms with van der Waals surface area (Å²) in [6.07, 6.45) is 2.68. The molecule has 0 N–H and O–H groups in total. The van der Waals surface area contributed by atoms with Gasteiger partial charge >= 0.3 is 5.97 Å². The quantitative estimate of drug-likeness (QED) is 0.289. The molecule has 0 radical (unpaired) electrons. The number of aromatic nitrogens is 3. The third-order valence-electron chi connectivity index (χ3n) is 4.24. The molecule has 0 aliphatic carbocycles. The van der Waals surface area contributed by atoms with Gasteiger partial charge in [-0.1, -0.05) is 11.3 Å². The lowest BCUT2D eigenvalue weighted by Crippen LogP contribution is -2.08. The predicted octanol–water partition coefficient (Wildman–Crippen LogP) is 2.40. The molecule has 30 heavy (non-hydrogen) atoms. The van der Waals surface area contributed by atoms with Crippen LogP contribution in [0.15, 0.2) is 59.6 Å². The average Bonchev–Trinajstić information content (AvgIpc) is 3.25. The monoisotopic (exact) mass is 431 g/mol. The first-order valence-electron chi connectivity index (χ1n) is 9.06. The molecule has 0 spiro atoms. The Morgan fingerprint density at radius 1 is 1.10 bits per heavy atom. The van der Waals surface area contributed by atoms with E-state index >= 15 is 0 Å². The highest BCUT2D eigenvalue weighted by molar-refractivity contribution is 7.86. The van der Waals surface area contributed by atoms with Crippen LogP contribution in [0.25, 0.3) is 5.69 Å². The molecule has 1 aromatic heterocycles. The Morgan fingerprint density at radius 2 is 1.87 bits per heavy atom. The highest BCUT2D eigenvalue weighted by atomic mass is 32.2. The van der Waals surface area contributed by atoms with Gasteiger partial charge in [0, 0.05) is 6.07 Å². The number of aryl methyl sites for hydroxylation is 1. The van der Waals surface area contributed by atoms with Gasteiger partial charge in [0.1, 0.15) is 5.75 Å². The van der Waals surface area contributed by atoms with Gasteiger partial charge in [-0.25, -0.2) is 9.48 Å². The SMILES string of the molecule is COC(=O)c1ccc(-n2cc(CCCOS(=O)(=O)c3cccc(OC)c3)nn2)cc1. The van der Waals surface area contributed by atoms with Crippen molar-refractivity contribution in [1.29, 1.82) is 0 Å². The minimum atomic E-state index is -3.86. The zero-order chi connectivity index (χ0) is 21.6. The topological polar surface area (TPSA) is 110 Å². The van der Waals surface area contributed by atoms with E-state index in [1.54, 1.807) is 47.3 Å². The van der Waals surface area contributed by atoms with E-state index in [4.69, 9.17) is 8.92 Å². The molecule has 0 aliphatic heterocycles. The molecule has 0 unspecified atom stereocenters. The van der Waals surface area contributed by atoms with E-state index < -0.39 is 16.1 Å². The van der Waals surface area contributed by atoms with E-state index in [-0.39, 0.29) is 11.5 Å². The van der Waals surface area contributed by atoms with Crippen LogP contribution in [0, 0.1) is 0 Å². The van der Waals surface area contributed by atoms with Crippen molar-refractivity contribution in [3.8, 4) is 11.4 Å². The van der Waals surface area contributed by atoms with Crippen molar-refractivity contribution < 1.29 is 26.9 Å². The van der Waals surface area contributed by atoms with Gasteiger partial charge in [-0.3, -0.25) is 4.18 Å². The minimum Gasteiger partial charge on any atom is -0.497 e. The van der Waals surface area contributed by atoms with Crippen LogP contribution in [0.1, 0.15) is 22.5 Å². The Kier molecular flexibility index (Phi) is 6.80. The molecule has 1 heterocycles. The summed E-state index contributed by atoms with van der Waals surface area (Å²) in [5.74, 6) is 0.0284. The Bertz CT molecular complexity index is 1110. The average molecular weight is 431 g/mol. The molecule has 9 nitrogen and oxygen atoms in total. The van der Waals surface area contributed by atoms with Crippen molar-refractivity contribution in [1.82, 2.24) is 15.0 Å². The molecule has 3 rings (SSSR count). The summed E-state index contributed by atoms with van der Waals surface area (Å²) < 4.78 is 40.9. The summed E-state index contributed by atoms with van der Waals surface area (Å²) in [5, 5.41) is 8.13. The number of methoxy groups -OCH3 is 2. The number of esters is 1.